The second-order valence-corrected chi connectivity index (χ2v) is 4.04. The van der Waals surface area contributed by atoms with E-state index in [4.69, 9.17) is 16.7 Å². The summed E-state index contributed by atoms with van der Waals surface area (Å²) in [5, 5.41) is 31.0. The fourth-order valence-corrected chi connectivity index (χ4v) is 2.04. The Morgan fingerprint density at radius 2 is 2.05 bits per heavy atom. The summed E-state index contributed by atoms with van der Waals surface area (Å²) in [6, 6.07) is 4.64. The minimum Gasteiger partial charge on any atom is -0.401 e. The fourth-order valence-electron chi connectivity index (χ4n) is 2.04. The van der Waals surface area contributed by atoms with Gasteiger partial charge in [-0.25, -0.2) is 10.2 Å². The van der Waals surface area contributed by atoms with Gasteiger partial charge >= 0.3 is 6.03 Å². The van der Waals surface area contributed by atoms with Gasteiger partial charge in [-0.2, -0.15) is 20.9 Å². The highest BCUT2D eigenvalue weighted by Crippen LogP contribution is 2.47. The molecule has 2 amide bonds. The highest BCUT2D eigenvalue weighted by molar-refractivity contribution is 5.75. The van der Waals surface area contributed by atoms with Gasteiger partial charge in [-0.3, -0.25) is 0 Å². The largest absolute Gasteiger partial charge is 0.401 e. The van der Waals surface area contributed by atoms with Crippen LogP contribution < -0.4 is 16.9 Å². The monoisotopic (exact) mass is 257 g/mol. The number of carbonyl (C=O) groups excluding carboxylic acids is 1. The molecule has 0 bridgehead atoms. The van der Waals surface area contributed by atoms with Crippen LogP contribution in [0.3, 0.4) is 0 Å². The van der Waals surface area contributed by atoms with Crippen molar-refractivity contribution < 1.29 is 4.79 Å². The number of carbonyl (C=O) groups is 1. The summed E-state index contributed by atoms with van der Waals surface area (Å²) in [5.41, 5.74) is 11.1. The molecule has 1 aliphatic rings. The van der Waals surface area contributed by atoms with Crippen LogP contribution in [0, 0.1) is 51.2 Å². The lowest BCUT2D eigenvalue weighted by Crippen LogP contribution is -2.29. The molecule has 0 spiro atoms. The average Bonchev–Trinajstić information content (AvgIpc) is 2.58. The third-order valence-electron chi connectivity index (χ3n) is 3.14. The van der Waals surface area contributed by atoms with Gasteiger partial charge in [0.1, 0.15) is 0 Å². The van der Waals surface area contributed by atoms with Crippen molar-refractivity contribution in [1.29, 1.82) is 15.8 Å². The van der Waals surface area contributed by atoms with E-state index in [0.29, 0.717) is 0 Å². The molecule has 0 unspecified atom stereocenters. The van der Waals surface area contributed by atoms with E-state index in [1.54, 1.807) is 13.0 Å². The summed E-state index contributed by atoms with van der Waals surface area (Å²) in [6.07, 6.45) is 1.26. The van der Waals surface area contributed by atoms with Gasteiger partial charge < -0.3 is 11.5 Å². The second-order valence-electron chi connectivity index (χ2n) is 4.04. The molecule has 0 aliphatic heterocycles. The molecule has 0 saturated carbocycles. The van der Waals surface area contributed by atoms with Crippen molar-refractivity contribution in [3.8, 4) is 18.2 Å². The molecule has 8 nitrogen and oxygen atoms in total. The quantitative estimate of drug-likeness (QED) is 0.454. The molecule has 0 radical (unpaired) electrons. The number of urea groups is 1. The van der Waals surface area contributed by atoms with Gasteiger partial charge in [0, 0.05) is 23.7 Å². The van der Waals surface area contributed by atoms with E-state index in [0.717, 1.165) is 0 Å². The molecule has 2 atom stereocenters. The number of hydrazone groups is 1. The van der Waals surface area contributed by atoms with Crippen LogP contribution in [0.15, 0.2) is 16.4 Å². The highest BCUT2D eigenvalue weighted by atomic mass is 16.2. The van der Waals surface area contributed by atoms with Crippen LogP contribution in [0.1, 0.15) is 6.92 Å². The summed E-state index contributed by atoms with van der Waals surface area (Å²) in [5.74, 6) is -1.16. The van der Waals surface area contributed by atoms with Crippen LogP contribution in [-0.4, -0.2) is 12.2 Å². The number of primary amides is 1. The predicted molar refractivity (Wildman–Crippen MR) is 64.4 cm³/mol. The fraction of sp³-hybridized carbons (Fsp3) is 0.364. The Hall–Kier alpha value is -3.05. The first-order chi connectivity index (χ1) is 8.94. The van der Waals surface area contributed by atoms with Crippen LogP contribution in [0.4, 0.5) is 4.79 Å². The summed E-state index contributed by atoms with van der Waals surface area (Å²) >= 11 is 0. The SMILES string of the molecule is C[C@@H]1[C@@H](/C=N\NC(N)=O)C(N)=C(C#N)C1(C#N)C#N. The van der Waals surface area contributed by atoms with Gasteiger partial charge in [-0.15, -0.1) is 0 Å². The van der Waals surface area contributed by atoms with Gasteiger partial charge in [0.2, 0.25) is 0 Å². The Balaban J connectivity index is 3.21. The maximum Gasteiger partial charge on any atom is 0.332 e. The van der Waals surface area contributed by atoms with Crippen molar-refractivity contribution in [3.05, 3.63) is 11.3 Å². The number of nitrogens with zero attached hydrogens (tertiary/aromatic N) is 4. The summed E-state index contributed by atoms with van der Waals surface area (Å²) in [6.45, 7) is 1.62. The molecule has 8 heteroatoms. The van der Waals surface area contributed by atoms with E-state index in [2.05, 4.69) is 5.10 Å². The van der Waals surface area contributed by atoms with E-state index in [-0.39, 0.29) is 11.3 Å². The van der Waals surface area contributed by atoms with E-state index in [1.807, 2.05) is 17.6 Å². The molecule has 1 rings (SSSR count). The lowest BCUT2D eigenvalue weighted by Gasteiger charge is -2.20. The number of rotatable bonds is 2. The number of nitrogens with one attached hydrogen (secondary N) is 1. The number of nitriles is 3. The topological polar surface area (TPSA) is 165 Å². The molecule has 96 valence electrons. The zero-order chi connectivity index (χ0) is 14.6. The standard InChI is InChI=1S/C11H11N7O/c1-6-7(3-17-18-10(16)19)9(15)8(2-12)11(6,4-13)5-14/h3,6-7H,15H2,1H3,(H3,16,18,19)/b17-3-/t6-,7-/m1/s1. The highest BCUT2D eigenvalue weighted by Gasteiger charge is 2.52. The van der Waals surface area contributed by atoms with Crippen LogP contribution in [0.5, 0.6) is 0 Å². The minimum absolute atomic E-state index is 0.0690. The lowest BCUT2D eigenvalue weighted by molar-refractivity contribution is 0.249. The average molecular weight is 257 g/mol. The number of allylic oxidation sites excluding steroid dienone is 2. The van der Waals surface area contributed by atoms with Crippen molar-refractivity contribution in [2.24, 2.45) is 33.8 Å². The lowest BCUT2D eigenvalue weighted by atomic mass is 9.75. The smallest absolute Gasteiger partial charge is 0.332 e. The predicted octanol–water partition coefficient (Wildman–Crippen LogP) is -0.324. The van der Waals surface area contributed by atoms with Crippen LogP contribution in [0.25, 0.3) is 0 Å². The number of hydrogen-bond donors (Lipinski definition) is 3. The maximum absolute atomic E-state index is 10.5. The Morgan fingerprint density at radius 1 is 1.47 bits per heavy atom. The molecular weight excluding hydrogens is 246 g/mol. The first kappa shape index (κ1) is 14.0. The van der Waals surface area contributed by atoms with Crippen LogP contribution in [-0.2, 0) is 0 Å². The van der Waals surface area contributed by atoms with Crippen LogP contribution in [0.2, 0.25) is 0 Å². The molecule has 19 heavy (non-hydrogen) atoms. The third-order valence-corrected chi connectivity index (χ3v) is 3.14. The van der Waals surface area contributed by atoms with Gasteiger partial charge in [0.25, 0.3) is 0 Å². The second kappa shape index (κ2) is 5.07. The van der Waals surface area contributed by atoms with E-state index in [9.17, 15) is 15.3 Å². The Labute approximate surface area is 109 Å². The molecule has 0 aromatic rings. The number of nitrogens with two attached hydrogens (primary N) is 2. The molecule has 0 aromatic heterocycles. The van der Waals surface area contributed by atoms with Crippen molar-refractivity contribution in [2.45, 2.75) is 6.92 Å². The van der Waals surface area contributed by atoms with E-state index >= 15 is 0 Å². The maximum atomic E-state index is 10.5. The summed E-state index contributed by atoms with van der Waals surface area (Å²) in [4.78, 5) is 10.5. The van der Waals surface area contributed by atoms with E-state index in [1.165, 1.54) is 6.21 Å². The number of amides is 2. The van der Waals surface area contributed by atoms with Gasteiger partial charge in [-0.1, -0.05) is 6.92 Å². The Bertz CT molecular complexity index is 570. The number of hydrogen-bond acceptors (Lipinski definition) is 6. The first-order valence-electron chi connectivity index (χ1n) is 5.26. The summed E-state index contributed by atoms with van der Waals surface area (Å²) in [7, 11) is 0. The van der Waals surface area contributed by atoms with Gasteiger partial charge in [0.05, 0.1) is 23.8 Å². The van der Waals surface area contributed by atoms with Gasteiger partial charge in [0.15, 0.2) is 5.41 Å². The molecule has 0 saturated heterocycles. The molecule has 5 N–H and O–H groups in total. The van der Waals surface area contributed by atoms with E-state index < -0.39 is 23.3 Å². The molecule has 0 fully saturated rings. The molecule has 0 aromatic carbocycles. The Kier molecular flexibility index (Phi) is 3.74. The molecule has 1 aliphatic carbocycles. The van der Waals surface area contributed by atoms with Crippen molar-refractivity contribution in [2.75, 3.05) is 0 Å². The van der Waals surface area contributed by atoms with Gasteiger partial charge in [-0.05, 0) is 0 Å². The molecular formula is C11H11N7O. The van der Waals surface area contributed by atoms with Crippen LogP contribution >= 0.6 is 0 Å². The normalized spacial score (nSPS) is 24.5. The zero-order valence-corrected chi connectivity index (χ0v) is 10.1. The third kappa shape index (κ3) is 2.05. The van der Waals surface area contributed by atoms with Crippen molar-refractivity contribution in [3.63, 3.8) is 0 Å². The summed E-state index contributed by atoms with van der Waals surface area (Å²) < 4.78 is 0. The van der Waals surface area contributed by atoms with Crippen molar-refractivity contribution >= 4 is 12.2 Å². The minimum atomic E-state index is -1.59. The molecule has 0 heterocycles. The first-order valence-corrected chi connectivity index (χ1v) is 5.26. The zero-order valence-electron chi connectivity index (χ0n) is 10.1. The Morgan fingerprint density at radius 3 is 2.42 bits per heavy atom. The van der Waals surface area contributed by atoms with Crippen molar-refractivity contribution in [1.82, 2.24) is 5.43 Å².